The van der Waals surface area contributed by atoms with Crippen LogP contribution in [-0.2, 0) is 0 Å². The Labute approximate surface area is 136 Å². The van der Waals surface area contributed by atoms with Crippen LogP contribution in [0.25, 0.3) is 17.3 Å². The summed E-state index contributed by atoms with van der Waals surface area (Å²) in [5.74, 6) is -1.13. The summed E-state index contributed by atoms with van der Waals surface area (Å²) in [5.41, 5.74) is 1.58. The summed E-state index contributed by atoms with van der Waals surface area (Å²) in [6, 6.07) is 14.4. The van der Waals surface area contributed by atoms with Crippen molar-refractivity contribution in [2.45, 2.75) is 0 Å². The fraction of sp³-hybridized carbons (Fsp3) is 0. The summed E-state index contributed by atoms with van der Waals surface area (Å²) >= 11 is 0. The van der Waals surface area contributed by atoms with Crippen LogP contribution in [0.4, 0.5) is 14.5 Å². The molecule has 0 saturated carbocycles. The Morgan fingerprint density at radius 3 is 2.62 bits per heavy atom. The molecule has 24 heavy (non-hydrogen) atoms. The van der Waals surface area contributed by atoms with E-state index in [9.17, 15) is 14.0 Å². The quantitative estimate of drug-likeness (QED) is 0.763. The summed E-state index contributed by atoms with van der Waals surface area (Å²) in [7, 11) is 0. The lowest BCUT2D eigenvalue weighted by molar-refractivity contribution is 0.415. The Morgan fingerprint density at radius 2 is 1.92 bits per heavy atom. The van der Waals surface area contributed by atoms with Crippen LogP contribution < -0.4 is 5.32 Å². The van der Waals surface area contributed by atoms with Crippen molar-refractivity contribution < 1.29 is 13.3 Å². The Hall–Kier alpha value is -3.46. The first-order valence-corrected chi connectivity index (χ1v) is 7.02. The Kier molecular flexibility index (Phi) is 4.34. The van der Waals surface area contributed by atoms with E-state index in [-0.39, 0.29) is 17.0 Å². The first kappa shape index (κ1) is 15.4. The summed E-state index contributed by atoms with van der Waals surface area (Å²) in [6.45, 7) is 0. The van der Waals surface area contributed by atoms with Crippen LogP contribution in [0.15, 0.2) is 59.3 Å². The lowest BCUT2D eigenvalue weighted by atomic mass is 10.1. The maximum absolute atomic E-state index is 13.5. The van der Waals surface area contributed by atoms with Crippen molar-refractivity contribution in [3.05, 3.63) is 77.7 Å². The summed E-state index contributed by atoms with van der Waals surface area (Å²) in [6.07, 6.45) is 2.85. The molecule has 0 amide bonds. The van der Waals surface area contributed by atoms with E-state index in [1.807, 2.05) is 30.3 Å². The summed E-state index contributed by atoms with van der Waals surface area (Å²) in [5, 5.41) is 15.9. The summed E-state index contributed by atoms with van der Waals surface area (Å²) in [4.78, 5) is 0. The molecule has 118 valence electrons. The smallest absolute Gasteiger partial charge is 0.179 e. The van der Waals surface area contributed by atoms with E-state index in [1.165, 1.54) is 18.3 Å². The molecular formula is C18H11F2N3O. The lowest BCUT2D eigenvalue weighted by Crippen LogP contribution is -1.92. The number of nitrogens with zero attached hydrogens (tertiary/aromatic N) is 2. The van der Waals surface area contributed by atoms with Gasteiger partial charge in [0.05, 0.1) is 5.69 Å². The zero-order chi connectivity index (χ0) is 16.9. The molecule has 3 rings (SSSR count). The average molecular weight is 323 g/mol. The van der Waals surface area contributed by atoms with Crippen LogP contribution in [0.3, 0.4) is 0 Å². The number of nitriles is 1. The van der Waals surface area contributed by atoms with E-state index in [0.29, 0.717) is 5.69 Å². The van der Waals surface area contributed by atoms with Gasteiger partial charge in [-0.1, -0.05) is 35.5 Å². The first-order valence-electron chi connectivity index (χ1n) is 7.02. The van der Waals surface area contributed by atoms with Crippen LogP contribution in [0.5, 0.6) is 0 Å². The fourth-order valence-electron chi connectivity index (χ4n) is 2.13. The lowest BCUT2D eigenvalue weighted by Gasteiger charge is -2.01. The fourth-order valence-corrected chi connectivity index (χ4v) is 2.13. The van der Waals surface area contributed by atoms with Gasteiger partial charge in [0.25, 0.3) is 0 Å². The Bertz CT molecular complexity index is 927. The number of anilines is 1. The number of halogens is 2. The second kappa shape index (κ2) is 6.75. The van der Waals surface area contributed by atoms with Crippen LogP contribution in [0.1, 0.15) is 11.3 Å². The molecule has 1 N–H and O–H groups in total. The number of benzene rings is 2. The molecule has 0 saturated heterocycles. The van der Waals surface area contributed by atoms with Gasteiger partial charge in [0.1, 0.15) is 29.0 Å². The van der Waals surface area contributed by atoms with Crippen molar-refractivity contribution in [2.24, 2.45) is 0 Å². The average Bonchev–Trinajstić information content (AvgIpc) is 3.00. The van der Waals surface area contributed by atoms with Crippen LogP contribution >= 0.6 is 0 Å². The third-order valence-electron chi connectivity index (χ3n) is 3.28. The maximum Gasteiger partial charge on any atom is 0.179 e. The predicted molar refractivity (Wildman–Crippen MR) is 85.7 cm³/mol. The van der Waals surface area contributed by atoms with E-state index in [1.54, 1.807) is 0 Å². The number of nitrogens with one attached hydrogen (secondary N) is 1. The minimum atomic E-state index is -0.720. The SMILES string of the molecule is N#Cc1c(-c2ccccc2)noc1C=CNc1ccc(F)cc1F. The van der Waals surface area contributed by atoms with Crippen molar-refractivity contribution in [2.75, 3.05) is 5.32 Å². The molecular weight excluding hydrogens is 312 g/mol. The van der Waals surface area contributed by atoms with Gasteiger partial charge >= 0.3 is 0 Å². The molecule has 0 unspecified atom stereocenters. The van der Waals surface area contributed by atoms with Crippen LogP contribution in [0.2, 0.25) is 0 Å². The topological polar surface area (TPSA) is 61.9 Å². The molecule has 0 aliphatic rings. The van der Waals surface area contributed by atoms with Gasteiger partial charge in [0.15, 0.2) is 5.76 Å². The molecule has 0 aliphatic carbocycles. The number of hydrogen-bond acceptors (Lipinski definition) is 4. The molecule has 6 heteroatoms. The van der Waals surface area contributed by atoms with Gasteiger partial charge in [-0.05, 0) is 12.1 Å². The molecule has 1 aromatic heterocycles. The molecule has 0 fully saturated rings. The van der Waals surface area contributed by atoms with Gasteiger partial charge in [-0.2, -0.15) is 5.26 Å². The van der Waals surface area contributed by atoms with Crippen molar-refractivity contribution >= 4 is 11.8 Å². The van der Waals surface area contributed by atoms with Gasteiger partial charge in [0.2, 0.25) is 0 Å². The number of aromatic nitrogens is 1. The van der Waals surface area contributed by atoms with E-state index in [4.69, 9.17) is 4.52 Å². The van der Waals surface area contributed by atoms with Crippen LogP contribution in [0, 0.1) is 23.0 Å². The standard InChI is InChI=1S/C18H11F2N3O/c19-13-6-7-16(15(20)10-13)22-9-8-17-14(11-21)18(23-24-17)12-4-2-1-3-5-12/h1-10,22H. The first-order chi connectivity index (χ1) is 11.7. The normalized spacial score (nSPS) is 10.7. The minimum Gasteiger partial charge on any atom is -0.359 e. The highest BCUT2D eigenvalue weighted by Crippen LogP contribution is 2.25. The van der Waals surface area contributed by atoms with E-state index < -0.39 is 11.6 Å². The Morgan fingerprint density at radius 1 is 1.12 bits per heavy atom. The minimum absolute atomic E-state index is 0.106. The molecule has 0 spiro atoms. The monoisotopic (exact) mass is 323 g/mol. The van der Waals surface area contributed by atoms with Gasteiger partial charge in [-0.15, -0.1) is 0 Å². The van der Waals surface area contributed by atoms with Crippen molar-refractivity contribution in [3.8, 4) is 17.3 Å². The number of rotatable bonds is 4. The van der Waals surface area contributed by atoms with E-state index >= 15 is 0 Å². The maximum atomic E-state index is 13.5. The van der Waals surface area contributed by atoms with Crippen molar-refractivity contribution in [1.29, 1.82) is 5.26 Å². The molecule has 0 aliphatic heterocycles. The van der Waals surface area contributed by atoms with Crippen molar-refractivity contribution in [1.82, 2.24) is 5.16 Å². The highest BCUT2D eigenvalue weighted by molar-refractivity contribution is 5.71. The van der Waals surface area contributed by atoms with Gasteiger partial charge in [-0.3, -0.25) is 0 Å². The van der Waals surface area contributed by atoms with Crippen molar-refractivity contribution in [3.63, 3.8) is 0 Å². The molecule has 2 aromatic carbocycles. The third kappa shape index (κ3) is 3.15. The zero-order valence-corrected chi connectivity index (χ0v) is 12.3. The zero-order valence-electron chi connectivity index (χ0n) is 12.3. The molecule has 4 nitrogen and oxygen atoms in total. The molecule has 1 heterocycles. The molecule has 0 atom stereocenters. The summed E-state index contributed by atoms with van der Waals surface area (Å²) < 4.78 is 31.6. The van der Waals surface area contributed by atoms with E-state index in [0.717, 1.165) is 17.7 Å². The second-order valence-electron chi connectivity index (χ2n) is 4.85. The highest BCUT2D eigenvalue weighted by Gasteiger charge is 2.15. The van der Waals surface area contributed by atoms with Gasteiger partial charge in [0, 0.05) is 23.9 Å². The third-order valence-corrected chi connectivity index (χ3v) is 3.28. The number of hydrogen-bond donors (Lipinski definition) is 1. The predicted octanol–water partition coefficient (Wildman–Crippen LogP) is 4.57. The van der Waals surface area contributed by atoms with Gasteiger partial charge < -0.3 is 9.84 Å². The molecule has 3 aromatic rings. The molecule has 0 bridgehead atoms. The van der Waals surface area contributed by atoms with Crippen LogP contribution in [-0.4, -0.2) is 5.16 Å². The highest BCUT2D eigenvalue weighted by atomic mass is 19.1. The largest absolute Gasteiger partial charge is 0.359 e. The molecule has 0 radical (unpaired) electrons. The Balaban J connectivity index is 1.83. The van der Waals surface area contributed by atoms with E-state index in [2.05, 4.69) is 16.5 Å². The van der Waals surface area contributed by atoms with Gasteiger partial charge in [-0.25, -0.2) is 8.78 Å². The second-order valence-corrected chi connectivity index (χ2v) is 4.85.